The molecule has 0 aromatic heterocycles. The molecular formula is C33H28O5. The van der Waals surface area contributed by atoms with Crippen molar-refractivity contribution < 1.29 is 24.3 Å². The van der Waals surface area contributed by atoms with Crippen LogP contribution in [0.15, 0.2) is 97.1 Å². The highest BCUT2D eigenvalue weighted by atomic mass is 16.4. The number of carboxylic acid groups (broad SMARTS) is 1. The van der Waals surface area contributed by atoms with Crippen LogP contribution in [0.5, 0.6) is 0 Å². The number of hydrogen-bond donors (Lipinski definition) is 1. The molecule has 5 aromatic rings. The lowest BCUT2D eigenvalue weighted by Gasteiger charge is -2.17. The largest absolute Gasteiger partial charge is 0.478 e. The first-order valence-electron chi connectivity index (χ1n) is 11.3. The zero-order valence-corrected chi connectivity index (χ0v) is 19.3. The lowest BCUT2D eigenvalue weighted by molar-refractivity contribution is 0.0696. The maximum absolute atomic E-state index is 12.0. The van der Waals surface area contributed by atoms with Gasteiger partial charge in [-0.2, -0.15) is 0 Å². The fraction of sp³-hybridized carbons (Fsp3) is 0.0909. The fourth-order valence-corrected chi connectivity index (χ4v) is 4.48. The van der Waals surface area contributed by atoms with Crippen molar-refractivity contribution in [3.05, 3.63) is 119 Å². The van der Waals surface area contributed by atoms with E-state index in [2.05, 4.69) is 24.3 Å². The molecule has 0 spiro atoms. The van der Waals surface area contributed by atoms with Gasteiger partial charge in [0.1, 0.15) is 0 Å². The molecule has 0 bridgehead atoms. The normalized spacial score (nSPS) is 11.3. The summed E-state index contributed by atoms with van der Waals surface area (Å²) in [6, 6.07) is 29.2. The molecule has 0 atom stereocenters. The number of benzene rings is 5. The van der Waals surface area contributed by atoms with Crippen LogP contribution in [0.25, 0.3) is 32.7 Å². The Morgan fingerprint density at radius 3 is 1.74 bits per heavy atom. The Morgan fingerprint density at radius 2 is 1.08 bits per heavy atom. The third-order valence-corrected chi connectivity index (χ3v) is 6.33. The molecule has 0 amide bonds. The summed E-state index contributed by atoms with van der Waals surface area (Å²) in [6.07, 6.45) is 0. The van der Waals surface area contributed by atoms with E-state index in [1.807, 2.05) is 30.3 Å². The van der Waals surface area contributed by atoms with Crippen molar-refractivity contribution in [1.29, 1.82) is 0 Å². The van der Waals surface area contributed by atoms with Crippen molar-refractivity contribution in [1.82, 2.24) is 0 Å². The van der Waals surface area contributed by atoms with Crippen molar-refractivity contribution >= 4 is 44.9 Å². The van der Waals surface area contributed by atoms with E-state index in [0.717, 1.165) is 10.9 Å². The maximum Gasteiger partial charge on any atom is 0.335 e. The molecule has 5 aromatic carbocycles. The minimum Gasteiger partial charge on any atom is -0.478 e. The first-order chi connectivity index (χ1) is 17.3. The lowest BCUT2D eigenvalue weighted by Crippen LogP contribution is -2.21. The second-order valence-electron chi connectivity index (χ2n) is 8.55. The van der Waals surface area contributed by atoms with Gasteiger partial charge in [0.15, 0.2) is 5.78 Å². The van der Waals surface area contributed by atoms with Crippen molar-refractivity contribution in [3.63, 3.8) is 0 Å². The number of carbonyl (C=O) groups is 4. The molecule has 0 aliphatic heterocycles. The average molecular weight is 505 g/mol. The molecule has 0 saturated carbocycles. The Balaban J connectivity index is 0.000000201. The summed E-state index contributed by atoms with van der Waals surface area (Å²) in [4.78, 5) is 46.3. The molecule has 1 aliphatic rings. The van der Waals surface area contributed by atoms with Gasteiger partial charge >= 0.3 is 5.97 Å². The van der Waals surface area contributed by atoms with E-state index in [1.165, 1.54) is 34.4 Å². The zero-order valence-electron chi connectivity index (χ0n) is 19.3. The zero-order chi connectivity index (χ0) is 25.4. The minimum atomic E-state index is -1.07. The van der Waals surface area contributed by atoms with Gasteiger partial charge in [0.05, 0.1) is 5.56 Å². The van der Waals surface area contributed by atoms with Crippen LogP contribution in [0, 0.1) is 0 Å². The van der Waals surface area contributed by atoms with Crippen molar-refractivity contribution in [2.75, 3.05) is 0 Å². The molecule has 5 heteroatoms. The molecule has 0 fully saturated rings. The van der Waals surface area contributed by atoms with E-state index in [4.69, 9.17) is 5.11 Å². The van der Waals surface area contributed by atoms with Gasteiger partial charge in [0, 0.05) is 16.7 Å². The van der Waals surface area contributed by atoms with Gasteiger partial charge < -0.3 is 5.11 Å². The van der Waals surface area contributed by atoms with Crippen LogP contribution in [0.4, 0.5) is 0 Å². The molecule has 5 nitrogen and oxygen atoms in total. The summed E-state index contributed by atoms with van der Waals surface area (Å²) in [6.45, 7) is 1.60. The SMILES string of the molecule is C.C.CC(=O)c1ccc2ccc3ccccc3c2c1.O=C(O)c1ccc2c(c1)-c1ccccc1C(=O)C2=O. The minimum absolute atomic E-state index is 0. The Hall–Kier alpha value is -4.90. The molecular weight excluding hydrogens is 476 g/mol. The lowest BCUT2D eigenvalue weighted by atomic mass is 9.83. The van der Waals surface area contributed by atoms with Gasteiger partial charge in [0.25, 0.3) is 0 Å². The predicted octanol–water partition coefficient (Wildman–Crippen LogP) is 7.90. The smallest absolute Gasteiger partial charge is 0.335 e. The van der Waals surface area contributed by atoms with Crippen LogP contribution < -0.4 is 0 Å². The Bertz CT molecular complexity index is 1730. The summed E-state index contributed by atoms with van der Waals surface area (Å²) in [5.41, 5.74) is 2.55. The summed E-state index contributed by atoms with van der Waals surface area (Å²) >= 11 is 0. The first kappa shape index (κ1) is 27.7. The van der Waals surface area contributed by atoms with E-state index in [9.17, 15) is 19.2 Å². The van der Waals surface area contributed by atoms with Gasteiger partial charge in [-0.1, -0.05) is 87.6 Å². The van der Waals surface area contributed by atoms with E-state index >= 15 is 0 Å². The summed E-state index contributed by atoms with van der Waals surface area (Å²) in [5, 5.41) is 13.7. The first-order valence-corrected chi connectivity index (χ1v) is 11.3. The monoisotopic (exact) mass is 504 g/mol. The quantitative estimate of drug-likeness (QED) is 0.150. The highest BCUT2D eigenvalue weighted by Crippen LogP contribution is 2.34. The Labute approximate surface area is 221 Å². The standard InChI is InChI=1S/C16H12O.C15H8O4.2CH4/c1-11(17)14-9-8-13-7-6-12-4-2-3-5-15(12)16(13)10-14;16-13-10-4-2-1-3-9(10)12-7-8(15(18)19)5-6-11(12)14(13)17;;/h2-10H,1H3;1-7H,(H,18,19);2*1H4. The Morgan fingerprint density at radius 1 is 0.553 bits per heavy atom. The summed E-state index contributed by atoms with van der Waals surface area (Å²) in [5.74, 6) is -2.10. The number of carbonyl (C=O) groups excluding carboxylic acids is 3. The van der Waals surface area contributed by atoms with Crippen LogP contribution in [-0.2, 0) is 0 Å². The number of fused-ring (bicyclic) bond motifs is 6. The second-order valence-corrected chi connectivity index (χ2v) is 8.55. The number of rotatable bonds is 2. The molecule has 190 valence electrons. The third-order valence-electron chi connectivity index (χ3n) is 6.33. The summed E-state index contributed by atoms with van der Waals surface area (Å²) in [7, 11) is 0. The number of hydrogen-bond acceptors (Lipinski definition) is 4. The number of ketones is 3. The van der Waals surface area contributed by atoms with Gasteiger partial charge in [-0.3, -0.25) is 14.4 Å². The van der Waals surface area contributed by atoms with Gasteiger partial charge in [-0.15, -0.1) is 0 Å². The van der Waals surface area contributed by atoms with E-state index in [0.29, 0.717) is 16.7 Å². The Kier molecular flexibility index (Phi) is 8.02. The van der Waals surface area contributed by atoms with E-state index < -0.39 is 17.5 Å². The molecule has 1 N–H and O–H groups in total. The topological polar surface area (TPSA) is 88.5 Å². The van der Waals surface area contributed by atoms with Crippen LogP contribution in [0.1, 0.15) is 63.2 Å². The molecule has 0 heterocycles. The van der Waals surface area contributed by atoms with Crippen molar-refractivity contribution in [3.8, 4) is 11.1 Å². The number of Topliss-reactive ketones (excluding diaryl/α,β-unsaturated/α-hetero) is 3. The molecule has 0 radical (unpaired) electrons. The molecule has 0 unspecified atom stereocenters. The van der Waals surface area contributed by atoms with E-state index in [1.54, 1.807) is 31.2 Å². The fourth-order valence-electron chi connectivity index (χ4n) is 4.48. The highest BCUT2D eigenvalue weighted by molar-refractivity contribution is 6.53. The van der Waals surface area contributed by atoms with Gasteiger partial charge in [-0.25, -0.2) is 4.79 Å². The highest BCUT2D eigenvalue weighted by Gasteiger charge is 2.30. The summed E-state index contributed by atoms with van der Waals surface area (Å²) < 4.78 is 0. The molecule has 6 rings (SSSR count). The van der Waals surface area contributed by atoms with Gasteiger partial charge in [0.2, 0.25) is 11.6 Å². The van der Waals surface area contributed by atoms with E-state index in [-0.39, 0.29) is 31.8 Å². The molecule has 1 aliphatic carbocycles. The average Bonchev–Trinajstić information content (AvgIpc) is 2.91. The van der Waals surface area contributed by atoms with Crippen LogP contribution >= 0.6 is 0 Å². The second kappa shape index (κ2) is 11.0. The number of carboxylic acids is 1. The van der Waals surface area contributed by atoms with Crippen molar-refractivity contribution in [2.45, 2.75) is 21.8 Å². The van der Waals surface area contributed by atoms with Crippen LogP contribution in [0.2, 0.25) is 0 Å². The molecule has 0 saturated heterocycles. The maximum atomic E-state index is 12.0. The van der Waals surface area contributed by atoms with Crippen LogP contribution in [-0.4, -0.2) is 28.4 Å². The third kappa shape index (κ3) is 4.87. The van der Waals surface area contributed by atoms with Crippen molar-refractivity contribution in [2.24, 2.45) is 0 Å². The predicted molar refractivity (Wildman–Crippen MR) is 152 cm³/mol. The van der Waals surface area contributed by atoms with Crippen LogP contribution in [0.3, 0.4) is 0 Å². The molecule has 38 heavy (non-hydrogen) atoms. The van der Waals surface area contributed by atoms with Gasteiger partial charge in [-0.05, 0) is 63.9 Å². The number of aromatic carboxylic acids is 1.